The van der Waals surface area contributed by atoms with E-state index in [0.29, 0.717) is 12.0 Å². The molecular weight excluding hydrogens is 387 g/mol. The van der Waals surface area contributed by atoms with Gasteiger partial charge in [0.2, 0.25) is 0 Å². The summed E-state index contributed by atoms with van der Waals surface area (Å²) in [6, 6.07) is 6.76. The summed E-state index contributed by atoms with van der Waals surface area (Å²) in [6.07, 6.45) is 1.17. The van der Waals surface area contributed by atoms with Crippen molar-refractivity contribution in [2.45, 2.75) is 26.3 Å². The van der Waals surface area contributed by atoms with Gasteiger partial charge >= 0.3 is 0 Å². The van der Waals surface area contributed by atoms with Crippen molar-refractivity contribution in [1.29, 1.82) is 0 Å². The summed E-state index contributed by atoms with van der Waals surface area (Å²) >= 11 is 3.60. The van der Waals surface area contributed by atoms with E-state index in [1.807, 2.05) is 6.07 Å². The number of nitrogens with zero attached hydrogens (tertiary/aromatic N) is 1. The third-order valence-electron chi connectivity index (χ3n) is 4.24. The monoisotopic (exact) mass is 412 g/mol. The molecule has 0 amide bonds. The summed E-state index contributed by atoms with van der Waals surface area (Å²) < 4.78 is 6.73. The molecule has 2 rings (SSSR count). The largest absolute Gasteiger partial charge is 0.496 e. The van der Waals surface area contributed by atoms with E-state index in [-0.39, 0.29) is 24.8 Å². The Morgan fingerprint density at radius 2 is 1.91 bits per heavy atom. The lowest BCUT2D eigenvalue weighted by Gasteiger charge is -2.39. The van der Waals surface area contributed by atoms with Crippen LogP contribution in [0, 0.1) is 5.92 Å². The summed E-state index contributed by atoms with van der Waals surface area (Å²) in [4.78, 5) is 2.59. The minimum Gasteiger partial charge on any atom is -0.496 e. The van der Waals surface area contributed by atoms with Gasteiger partial charge in [0.05, 0.1) is 7.11 Å². The van der Waals surface area contributed by atoms with Crippen LogP contribution in [0.4, 0.5) is 0 Å². The van der Waals surface area contributed by atoms with Gasteiger partial charge in [-0.15, -0.1) is 24.8 Å². The van der Waals surface area contributed by atoms with Crippen LogP contribution in [0.25, 0.3) is 0 Å². The molecule has 128 valence electrons. The zero-order valence-corrected chi connectivity index (χ0v) is 16.7. The fourth-order valence-electron chi connectivity index (χ4n) is 2.98. The van der Waals surface area contributed by atoms with Crippen molar-refractivity contribution in [3.05, 3.63) is 28.2 Å². The van der Waals surface area contributed by atoms with Gasteiger partial charge in [-0.25, -0.2) is 0 Å². The molecule has 0 spiro atoms. The third-order valence-corrected chi connectivity index (χ3v) is 4.73. The van der Waals surface area contributed by atoms with Crippen molar-refractivity contribution in [3.8, 4) is 5.75 Å². The second-order valence-corrected chi connectivity index (χ2v) is 6.42. The minimum absolute atomic E-state index is 0. The van der Waals surface area contributed by atoms with Crippen LogP contribution in [0.3, 0.4) is 0 Å². The molecule has 1 saturated heterocycles. The quantitative estimate of drug-likeness (QED) is 0.778. The van der Waals surface area contributed by atoms with Crippen LogP contribution in [0.15, 0.2) is 22.7 Å². The fourth-order valence-corrected chi connectivity index (χ4v) is 3.36. The highest BCUT2D eigenvalue weighted by Gasteiger charge is 2.28. The molecule has 1 aromatic rings. The molecule has 1 unspecified atom stereocenters. The van der Waals surface area contributed by atoms with Crippen molar-refractivity contribution < 1.29 is 4.74 Å². The molecule has 1 N–H and O–H groups in total. The molecule has 0 radical (unpaired) electrons. The van der Waals surface area contributed by atoms with Crippen molar-refractivity contribution in [3.63, 3.8) is 0 Å². The molecule has 0 bridgehead atoms. The van der Waals surface area contributed by atoms with E-state index in [0.717, 1.165) is 36.4 Å². The predicted octanol–water partition coefficient (Wildman–Crippen LogP) is 4.29. The van der Waals surface area contributed by atoms with Crippen molar-refractivity contribution in [1.82, 2.24) is 10.2 Å². The summed E-state index contributed by atoms with van der Waals surface area (Å²) in [6.45, 7) is 8.96. The highest BCUT2D eigenvalue weighted by Crippen LogP contribution is 2.37. The maximum atomic E-state index is 5.60. The van der Waals surface area contributed by atoms with Gasteiger partial charge < -0.3 is 10.1 Å². The lowest BCUT2D eigenvalue weighted by molar-refractivity contribution is 0.126. The number of hydrogen-bond donors (Lipinski definition) is 1. The number of piperazine rings is 1. The number of rotatable bonds is 5. The van der Waals surface area contributed by atoms with Gasteiger partial charge in [-0.1, -0.05) is 36.2 Å². The van der Waals surface area contributed by atoms with Gasteiger partial charge in [0.1, 0.15) is 5.75 Å². The average molecular weight is 414 g/mol. The van der Waals surface area contributed by atoms with E-state index in [2.05, 4.69) is 52.1 Å². The second-order valence-electron chi connectivity index (χ2n) is 5.50. The molecule has 1 aliphatic rings. The zero-order valence-electron chi connectivity index (χ0n) is 13.5. The Morgan fingerprint density at radius 3 is 2.45 bits per heavy atom. The van der Waals surface area contributed by atoms with Crippen molar-refractivity contribution in [2.24, 2.45) is 5.92 Å². The van der Waals surface area contributed by atoms with E-state index in [1.165, 1.54) is 12.0 Å². The van der Waals surface area contributed by atoms with Gasteiger partial charge in [0.25, 0.3) is 0 Å². The molecule has 1 fully saturated rings. The zero-order chi connectivity index (χ0) is 14.5. The van der Waals surface area contributed by atoms with E-state index in [9.17, 15) is 0 Å². The smallest absolute Gasteiger partial charge is 0.123 e. The first kappa shape index (κ1) is 22.0. The molecule has 2 atom stereocenters. The average Bonchev–Trinajstić information content (AvgIpc) is 2.48. The highest BCUT2D eigenvalue weighted by atomic mass is 79.9. The molecule has 0 aliphatic carbocycles. The maximum Gasteiger partial charge on any atom is 0.123 e. The van der Waals surface area contributed by atoms with E-state index >= 15 is 0 Å². The van der Waals surface area contributed by atoms with Crippen LogP contribution in [0.1, 0.15) is 31.9 Å². The van der Waals surface area contributed by atoms with E-state index < -0.39 is 0 Å². The first-order chi connectivity index (χ1) is 9.67. The summed E-state index contributed by atoms with van der Waals surface area (Å²) in [5.41, 5.74) is 1.30. The summed E-state index contributed by atoms with van der Waals surface area (Å²) in [5, 5.41) is 3.44. The number of methoxy groups -OCH3 is 1. The van der Waals surface area contributed by atoms with Gasteiger partial charge in [0, 0.05) is 42.3 Å². The molecule has 22 heavy (non-hydrogen) atoms. The normalized spacial score (nSPS) is 17.8. The molecule has 3 nitrogen and oxygen atoms in total. The summed E-state index contributed by atoms with van der Waals surface area (Å²) in [5.74, 6) is 1.60. The SMILES string of the molecule is CCC(C)[C@H](c1cc(Br)ccc1OC)N1CCNCC1.Cl.Cl. The Balaban J connectivity index is 0.00000220. The molecule has 1 heterocycles. The topological polar surface area (TPSA) is 24.5 Å². The molecule has 1 aromatic carbocycles. The van der Waals surface area contributed by atoms with Crippen LogP contribution >= 0.6 is 40.7 Å². The molecule has 1 aliphatic heterocycles. The summed E-state index contributed by atoms with van der Waals surface area (Å²) in [7, 11) is 1.76. The van der Waals surface area contributed by atoms with Gasteiger partial charge in [-0.3, -0.25) is 4.90 Å². The van der Waals surface area contributed by atoms with Gasteiger partial charge in [0.15, 0.2) is 0 Å². The minimum atomic E-state index is 0. The Hall–Kier alpha value is -0.000000000000000111. The standard InChI is InChI=1S/C16H25BrN2O.2ClH/c1-4-12(2)16(19-9-7-18-8-10-19)14-11-13(17)5-6-15(14)20-3;;/h5-6,11-12,16,18H,4,7-10H2,1-3H3;2*1H/t12?,16-;;/m1../s1. The van der Waals surface area contributed by atoms with Gasteiger partial charge in [-0.2, -0.15) is 0 Å². The lowest BCUT2D eigenvalue weighted by atomic mass is 9.90. The maximum absolute atomic E-state index is 5.60. The molecule has 6 heteroatoms. The molecular formula is C16H27BrCl2N2O. The number of benzene rings is 1. The van der Waals surface area contributed by atoms with E-state index in [1.54, 1.807) is 7.11 Å². The van der Waals surface area contributed by atoms with Crippen molar-refractivity contribution in [2.75, 3.05) is 33.3 Å². The molecule has 0 saturated carbocycles. The Labute approximate surface area is 155 Å². The number of hydrogen-bond acceptors (Lipinski definition) is 3. The Kier molecular flexibility index (Phi) is 10.7. The number of halogens is 3. The van der Waals surface area contributed by atoms with Crippen molar-refractivity contribution >= 4 is 40.7 Å². The lowest BCUT2D eigenvalue weighted by Crippen LogP contribution is -2.46. The fraction of sp³-hybridized carbons (Fsp3) is 0.625. The third kappa shape index (κ3) is 5.27. The first-order valence-corrected chi connectivity index (χ1v) is 8.24. The van der Waals surface area contributed by atoms with Crippen LogP contribution in [0.2, 0.25) is 0 Å². The predicted molar refractivity (Wildman–Crippen MR) is 102 cm³/mol. The van der Waals surface area contributed by atoms with Crippen LogP contribution < -0.4 is 10.1 Å². The second kappa shape index (κ2) is 10.7. The van der Waals surface area contributed by atoms with Gasteiger partial charge in [-0.05, 0) is 24.1 Å². The van der Waals surface area contributed by atoms with Crippen LogP contribution in [-0.4, -0.2) is 38.2 Å². The van der Waals surface area contributed by atoms with E-state index in [4.69, 9.17) is 4.74 Å². The first-order valence-electron chi connectivity index (χ1n) is 7.45. The number of ether oxygens (including phenoxy) is 1. The Morgan fingerprint density at radius 1 is 1.27 bits per heavy atom. The van der Waals surface area contributed by atoms with Crippen LogP contribution in [-0.2, 0) is 0 Å². The molecule has 0 aromatic heterocycles. The number of nitrogens with one attached hydrogen (secondary N) is 1. The Bertz CT molecular complexity index is 442. The highest BCUT2D eigenvalue weighted by molar-refractivity contribution is 9.10. The van der Waals surface area contributed by atoms with Crippen LogP contribution in [0.5, 0.6) is 5.75 Å².